The van der Waals surface area contributed by atoms with Crippen LogP contribution in [0, 0.1) is 6.92 Å². The molecule has 2 atom stereocenters. The molecule has 0 radical (unpaired) electrons. The van der Waals surface area contributed by atoms with Gasteiger partial charge in [0.15, 0.2) is 0 Å². The lowest BCUT2D eigenvalue weighted by molar-refractivity contribution is 0.292. The molecule has 1 aliphatic rings. The van der Waals surface area contributed by atoms with Crippen molar-refractivity contribution >= 4 is 10.2 Å². The Labute approximate surface area is 143 Å². The summed E-state index contributed by atoms with van der Waals surface area (Å²) in [5.74, 6) is 1.51. The molecule has 1 fully saturated rings. The van der Waals surface area contributed by atoms with Crippen molar-refractivity contribution in [3.63, 3.8) is 0 Å². The predicted octanol–water partition coefficient (Wildman–Crippen LogP) is 3.06. The van der Waals surface area contributed by atoms with Gasteiger partial charge in [0.2, 0.25) is 0 Å². The van der Waals surface area contributed by atoms with Gasteiger partial charge in [-0.2, -0.15) is 17.0 Å². The average Bonchev–Trinajstić information content (AvgIpc) is 3.23. The third-order valence-electron chi connectivity index (χ3n) is 4.61. The molecule has 2 unspecified atom stereocenters. The van der Waals surface area contributed by atoms with Gasteiger partial charge in [-0.3, -0.25) is 4.98 Å². The highest BCUT2D eigenvalue weighted by molar-refractivity contribution is 7.86. The van der Waals surface area contributed by atoms with E-state index in [0.29, 0.717) is 12.3 Å². The van der Waals surface area contributed by atoms with Crippen LogP contribution in [-0.2, 0) is 10.2 Å². The Bertz CT molecular complexity index is 788. The van der Waals surface area contributed by atoms with E-state index in [9.17, 15) is 8.42 Å². The third kappa shape index (κ3) is 3.11. The highest BCUT2D eigenvalue weighted by atomic mass is 32.2. The van der Waals surface area contributed by atoms with Crippen LogP contribution in [0.4, 0.5) is 0 Å². The first-order chi connectivity index (χ1) is 11.4. The number of hydrogen-bond acceptors (Lipinski definition) is 4. The van der Waals surface area contributed by atoms with Gasteiger partial charge >= 0.3 is 0 Å². The summed E-state index contributed by atoms with van der Waals surface area (Å²) in [6, 6.07) is 8.70. The second-order valence-electron chi connectivity index (χ2n) is 6.17. The highest BCUT2D eigenvalue weighted by Gasteiger charge is 2.40. The van der Waals surface area contributed by atoms with Gasteiger partial charge in [-0.05, 0) is 51.0 Å². The molecule has 0 spiro atoms. The van der Waals surface area contributed by atoms with Crippen LogP contribution in [0.15, 0.2) is 40.9 Å². The van der Waals surface area contributed by atoms with E-state index < -0.39 is 10.2 Å². The molecule has 0 N–H and O–H groups in total. The number of hydrogen-bond donors (Lipinski definition) is 0. The van der Waals surface area contributed by atoms with E-state index in [0.717, 1.165) is 24.3 Å². The lowest BCUT2D eigenvalue weighted by Crippen LogP contribution is -2.42. The van der Waals surface area contributed by atoms with Crippen LogP contribution in [-0.4, -0.2) is 35.6 Å². The molecule has 1 saturated heterocycles. The number of pyridine rings is 1. The Morgan fingerprint density at radius 3 is 2.75 bits per heavy atom. The van der Waals surface area contributed by atoms with Gasteiger partial charge in [0.25, 0.3) is 10.2 Å². The minimum atomic E-state index is -3.61. The summed E-state index contributed by atoms with van der Waals surface area (Å²) >= 11 is 0. The normalized spacial score (nSPS) is 20.6. The standard InChI is InChI=1S/C17H23N3O3S/c1-13-9-10-17(23-13)16-8-6-12-20(16)24(21,22)19(3)14(2)15-7-4-5-11-18-15/h4-5,7,9-11,14,16H,6,8,12H2,1-3H3. The molecular formula is C17H23N3O3S. The van der Waals surface area contributed by atoms with Gasteiger partial charge < -0.3 is 4.42 Å². The van der Waals surface area contributed by atoms with Gasteiger partial charge in [-0.15, -0.1) is 0 Å². The van der Waals surface area contributed by atoms with Crippen LogP contribution in [0.25, 0.3) is 0 Å². The Morgan fingerprint density at radius 1 is 1.33 bits per heavy atom. The first-order valence-corrected chi connectivity index (χ1v) is 9.53. The lowest BCUT2D eigenvalue weighted by atomic mass is 10.2. The van der Waals surface area contributed by atoms with Crippen LogP contribution >= 0.6 is 0 Å². The fraction of sp³-hybridized carbons (Fsp3) is 0.471. The Hall–Kier alpha value is -1.70. The van der Waals surface area contributed by atoms with E-state index in [1.807, 2.05) is 44.2 Å². The molecule has 0 aliphatic carbocycles. The van der Waals surface area contributed by atoms with Crippen LogP contribution in [0.5, 0.6) is 0 Å². The Kier molecular flexibility index (Phi) is 4.76. The smallest absolute Gasteiger partial charge is 0.283 e. The average molecular weight is 349 g/mol. The number of nitrogens with zero attached hydrogens (tertiary/aromatic N) is 3. The molecule has 0 aromatic carbocycles. The highest BCUT2D eigenvalue weighted by Crippen LogP contribution is 2.37. The van der Waals surface area contributed by atoms with Gasteiger partial charge in [0, 0.05) is 19.8 Å². The summed E-state index contributed by atoms with van der Waals surface area (Å²) < 4.78 is 34.9. The lowest BCUT2D eigenvalue weighted by Gasteiger charge is -2.31. The number of aromatic nitrogens is 1. The summed E-state index contributed by atoms with van der Waals surface area (Å²) in [6.07, 6.45) is 3.28. The van der Waals surface area contributed by atoms with Gasteiger partial charge in [-0.25, -0.2) is 0 Å². The molecule has 1 aliphatic heterocycles. The molecule has 6 nitrogen and oxygen atoms in total. The van der Waals surface area contributed by atoms with Gasteiger partial charge in [0.1, 0.15) is 11.5 Å². The minimum absolute atomic E-state index is 0.234. The first-order valence-electron chi connectivity index (χ1n) is 8.13. The van der Waals surface area contributed by atoms with Crippen molar-refractivity contribution in [1.82, 2.24) is 13.6 Å². The van der Waals surface area contributed by atoms with Crippen molar-refractivity contribution in [1.29, 1.82) is 0 Å². The summed E-state index contributed by atoms with van der Waals surface area (Å²) in [5, 5.41) is 0. The molecule has 7 heteroatoms. The molecule has 0 saturated carbocycles. The largest absolute Gasteiger partial charge is 0.465 e. The third-order valence-corrected chi connectivity index (χ3v) is 6.69. The molecule has 2 aromatic rings. The van der Waals surface area contributed by atoms with E-state index in [2.05, 4.69) is 4.98 Å². The molecule has 0 bridgehead atoms. The zero-order valence-corrected chi connectivity index (χ0v) is 15.0. The van der Waals surface area contributed by atoms with E-state index in [1.165, 1.54) is 4.31 Å². The second-order valence-corrected chi connectivity index (χ2v) is 8.11. The summed E-state index contributed by atoms with van der Waals surface area (Å²) in [4.78, 5) is 4.28. The number of furan rings is 1. The molecular weight excluding hydrogens is 326 g/mol. The Balaban J connectivity index is 1.86. The van der Waals surface area contributed by atoms with Crippen LogP contribution < -0.4 is 0 Å². The van der Waals surface area contributed by atoms with Gasteiger partial charge in [-0.1, -0.05) is 6.07 Å². The zero-order chi connectivity index (χ0) is 17.3. The maximum absolute atomic E-state index is 13.1. The summed E-state index contributed by atoms with van der Waals surface area (Å²) in [7, 11) is -2.00. The van der Waals surface area contributed by atoms with E-state index >= 15 is 0 Å². The van der Waals surface area contributed by atoms with Crippen molar-refractivity contribution in [2.75, 3.05) is 13.6 Å². The van der Waals surface area contributed by atoms with E-state index in [-0.39, 0.29) is 12.1 Å². The van der Waals surface area contributed by atoms with Crippen LogP contribution in [0.2, 0.25) is 0 Å². The molecule has 3 rings (SSSR count). The fourth-order valence-electron chi connectivity index (χ4n) is 3.11. The fourth-order valence-corrected chi connectivity index (χ4v) is 4.84. The Morgan fingerprint density at radius 2 is 2.12 bits per heavy atom. The maximum atomic E-state index is 13.1. The number of aryl methyl sites for hydroxylation is 1. The molecule has 3 heterocycles. The summed E-state index contributed by atoms with van der Waals surface area (Å²) in [6.45, 7) is 4.22. The van der Waals surface area contributed by atoms with Crippen molar-refractivity contribution in [2.45, 2.75) is 38.8 Å². The monoisotopic (exact) mass is 349 g/mol. The first kappa shape index (κ1) is 17.1. The molecule has 24 heavy (non-hydrogen) atoms. The van der Waals surface area contributed by atoms with Crippen molar-refractivity contribution in [2.24, 2.45) is 0 Å². The van der Waals surface area contributed by atoms with Crippen molar-refractivity contribution in [3.8, 4) is 0 Å². The maximum Gasteiger partial charge on any atom is 0.283 e. The van der Waals surface area contributed by atoms with E-state index in [4.69, 9.17) is 4.42 Å². The second kappa shape index (κ2) is 6.66. The van der Waals surface area contributed by atoms with Gasteiger partial charge in [0.05, 0.1) is 17.8 Å². The molecule has 130 valence electrons. The molecule has 0 amide bonds. The van der Waals surface area contributed by atoms with Crippen molar-refractivity contribution < 1.29 is 12.8 Å². The minimum Gasteiger partial charge on any atom is -0.465 e. The van der Waals surface area contributed by atoms with Crippen LogP contribution in [0.1, 0.15) is 49.1 Å². The summed E-state index contributed by atoms with van der Waals surface area (Å²) in [5.41, 5.74) is 0.730. The zero-order valence-electron chi connectivity index (χ0n) is 14.2. The predicted molar refractivity (Wildman–Crippen MR) is 91.5 cm³/mol. The number of rotatable bonds is 5. The van der Waals surface area contributed by atoms with Crippen LogP contribution in [0.3, 0.4) is 0 Å². The topological polar surface area (TPSA) is 66.7 Å². The quantitative estimate of drug-likeness (QED) is 0.832. The van der Waals surface area contributed by atoms with E-state index in [1.54, 1.807) is 17.5 Å². The van der Waals surface area contributed by atoms with Crippen molar-refractivity contribution in [3.05, 3.63) is 53.7 Å². The molecule has 2 aromatic heterocycles. The SMILES string of the molecule is Cc1ccc(C2CCCN2S(=O)(=O)N(C)C(C)c2ccccn2)o1.